The minimum Gasteiger partial charge on any atom is -0.319 e. The van der Waals surface area contributed by atoms with Crippen molar-refractivity contribution in [1.82, 2.24) is 4.72 Å². The van der Waals surface area contributed by atoms with Crippen LogP contribution in [0.5, 0.6) is 0 Å². The van der Waals surface area contributed by atoms with Crippen molar-refractivity contribution in [1.29, 1.82) is 0 Å². The number of anilines is 1. The highest BCUT2D eigenvalue weighted by Gasteiger charge is 2.19. The standard InChI is InChI=1S/C17H18ClFN2O3S/c1-3-11(2)21-25(23,24)14-8-9-16(15(19)10-14)20-17(22)12-4-6-13(18)7-5-12/h4-11,21H,3H2,1-2H3,(H,20,22). The molecule has 25 heavy (non-hydrogen) atoms. The van der Waals surface area contributed by atoms with Crippen molar-refractivity contribution in [3.05, 3.63) is 58.9 Å². The molecule has 1 atom stereocenters. The second kappa shape index (κ2) is 7.95. The van der Waals surface area contributed by atoms with Crippen LogP contribution >= 0.6 is 11.6 Å². The van der Waals surface area contributed by atoms with Gasteiger partial charge in [-0.2, -0.15) is 0 Å². The van der Waals surface area contributed by atoms with Gasteiger partial charge in [0.25, 0.3) is 5.91 Å². The van der Waals surface area contributed by atoms with Crippen molar-refractivity contribution in [2.24, 2.45) is 0 Å². The molecule has 0 aromatic heterocycles. The number of rotatable bonds is 6. The van der Waals surface area contributed by atoms with Gasteiger partial charge in [0.05, 0.1) is 10.6 Å². The fraction of sp³-hybridized carbons (Fsp3) is 0.235. The number of sulfonamides is 1. The fourth-order valence-electron chi connectivity index (χ4n) is 1.98. The van der Waals surface area contributed by atoms with Gasteiger partial charge in [0.2, 0.25) is 10.0 Å². The third-order valence-electron chi connectivity index (χ3n) is 3.57. The summed E-state index contributed by atoms with van der Waals surface area (Å²) in [4.78, 5) is 11.9. The van der Waals surface area contributed by atoms with Gasteiger partial charge in [-0.3, -0.25) is 4.79 Å². The summed E-state index contributed by atoms with van der Waals surface area (Å²) >= 11 is 5.75. The number of hydrogen-bond acceptors (Lipinski definition) is 3. The van der Waals surface area contributed by atoms with Crippen LogP contribution in [0.1, 0.15) is 30.6 Å². The van der Waals surface area contributed by atoms with E-state index in [1.165, 1.54) is 24.3 Å². The van der Waals surface area contributed by atoms with Gasteiger partial charge in [-0.1, -0.05) is 18.5 Å². The van der Waals surface area contributed by atoms with Crippen molar-refractivity contribution >= 4 is 33.2 Å². The van der Waals surface area contributed by atoms with Crippen LogP contribution in [0, 0.1) is 5.82 Å². The number of halogens is 2. The van der Waals surface area contributed by atoms with Gasteiger partial charge in [-0.25, -0.2) is 17.5 Å². The van der Waals surface area contributed by atoms with Gasteiger partial charge >= 0.3 is 0 Å². The quantitative estimate of drug-likeness (QED) is 0.795. The minimum absolute atomic E-state index is 0.109. The average molecular weight is 385 g/mol. The van der Waals surface area contributed by atoms with Crippen LogP contribution in [0.2, 0.25) is 5.02 Å². The average Bonchev–Trinajstić information content (AvgIpc) is 2.56. The van der Waals surface area contributed by atoms with E-state index in [9.17, 15) is 17.6 Å². The Bertz CT molecular complexity index is 870. The molecule has 2 aromatic rings. The highest BCUT2D eigenvalue weighted by atomic mass is 35.5. The smallest absolute Gasteiger partial charge is 0.255 e. The van der Waals surface area contributed by atoms with Gasteiger partial charge in [-0.05, 0) is 55.8 Å². The Morgan fingerprint density at radius 2 is 1.84 bits per heavy atom. The SMILES string of the molecule is CCC(C)NS(=O)(=O)c1ccc(NC(=O)c2ccc(Cl)cc2)c(F)c1. The minimum atomic E-state index is -3.81. The zero-order valence-electron chi connectivity index (χ0n) is 13.7. The molecule has 5 nitrogen and oxygen atoms in total. The number of benzene rings is 2. The number of hydrogen-bond donors (Lipinski definition) is 2. The summed E-state index contributed by atoms with van der Waals surface area (Å²) in [7, 11) is -3.81. The van der Waals surface area contributed by atoms with E-state index in [0.29, 0.717) is 17.0 Å². The van der Waals surface area contributed by atoms with Crippen molar-refractivity contribution in [2.45, 2.75) is 31.2 Å². The molecule has 0 spiro atoms. The lowest BCUT2D eigenvalue weighted by molar-refractivity contribution is 0.102. The van der Waals surface area contributed by atoms with E-state index in [0.717, 1.165) is 6.07 Å². The first kappa shape index (κ1) is 19.4. The van der Waals surface area contributed by atoms with Crippen LogP contribution in [-0.2, 0) is 10.0 Å². The van der Waals surface area contributed by atoms with Crippen molar-refractivity contribution in [2.75, 3.05) is 5.32 Å². The molecule has 134 valence electrons. The summed E-state index contributed by atoms with van der Waals surface area (Å²) in [6.45, 7) is 3.55. The molecular weight excluding hydrogens is 367 g/mol. The van der Waals surface area contributed by atoms with E-state index in [2.05, 4.69) is 10.0 Å². The number of nitrogens with one attached hydrogen (secondary N) is 2. The molecule has 0 bridgehead atoms. The van der Waals surface area contributed by atoms with E-state index in [1.807, 2.05) is 6.92 Å². The van der Waals surface area contributed by atoms with E-state index in [1.54, 1.807) is 19.1 Å². The molecule has 2 N–H and O–H groups in total. The molecular formula is C17H18ClFN2O3S. The first-order valence-electron chi connectivity index (χ1n) is 7.61. The lowest BCUT2D eigenvalue weighted by Crippen LogP contribution is -2.32. The summed E-state index contributed by atoms with van der Waals surface area (Å²) in [5.41, 5.74) is 0.196. The molecule has 0 saturated heterocycles. The predicted octanol–water partition coefficient (Wildman–Crippen LogP) is 3.81. The topological polar surface area (TPSA) is 75.3 Å². The first-order valence-corrected chi connectivity index (χ1v) is 9.48. The summed E-state index contributed by atoms with van der Waals surface area (Å²) in [6, 6.07) is 9.17. The van der Waals surface area contributed by atoms with Gasteiger partial charge in [-0.15, -0.1) is 0 Å². The molecule has 0 fully saturated rings. The van der Waals surface area contributed by atoms with Crippen LogP contribution in [0.3, 0.4) is 0 Å². The summed E-state index contributed by atoms with van der Waals surface area (Å²) < 4.78 is 41.0. The van der Waals surface area contributed by atoms with E-state index in [-0.39, 0.29) is 16.6 Å². The number of amides is 1. The molecule has 0 radical (unpaired) electrons. The number of carbonyl (C=O) groups excluding carboxylic acids is 1. The van der Waals surface area contributed by atoms with Gasteiger partial charge < -0.3 is 5.32 Å². The lowest BCUT2D eigenvalue weighted by atomic mass is 10.2. The van der Waals surface area contributed by atoms with Crippen LogP contribution in [0.4, 0.5) is 10.1 Å². The second-order valence-corrected chi connectivity index (χ2v) is 7.68. The van der Waals surface area contributed by atoms with Gasteiger partial charge in [0.15, 0.2) is 0 Å². The Morgan fingerprint density at radius 3 is 2.40 bits per heavy atom. The number of carbonyl (C=O) groups is 1. The Morgan fingerprint density at radius 1 is 1.20 bits per heavy atom. The van der Waals surface area contributed by atoms with E-state index in [4.69, 9.17) is 11.6 Å². The molecule has 8 heteroatoms. The van der Waals surface area contributed by atoms with Gasteiger partial charge in [0.1, 0.15) is 5.82 Å². The third-order valence-corrected chi connectivity index (χ3v) is 5.41. The molecule has 2 aromatic carbocycles. The van der Waals surface area contributed by atoms with Crippen LogP contribution in [-0.4, -0.2) is 20.4 Å². The molecule has 0 aliphatic heterocycles. The Labute approximate surface area is 151 Å². The summed E-state index contributed by atoms with van der Waals surface area (Å²) in [5.74, 6) is -1.36. The Balaban J connectivity index is 2.19. The largest absolute Gasteiger partial charge is 0.319 e. The molecule has 0 saturated carbocycles. The zero-order valence-corrected chi connectivity index (χ0v) is 15.3. The summed E-state index contributed by atoms with van der Waals surface area (Å²) in [5, 5.41) is 2.88. The maximum Gasteiger partial charge on any atom is 0.255 e. The molecule has 0 heterocycles. The molecule has 1 unspecified atom stereocenters. The Hall–Kier alpha value is -1.96. The Kier molecular flexibility index (Phi) is 6.16. The van der Waals surface area contributed by atoms with E-state index >= 15 is 0 Å². The highest BCUT2D eigenvalue weighted by Crippen LogP contribution is 2.20. The molecule has 0 aliphatic carbocycles. The van der Waals surface area contributed by atoms with Crippen molar-refractivity contribution in [3.63, 3.8) is 0 Å². The molecule has 1 amide bonds. The van der Waals surface area contributed by atoms with E-state index < -0.39 is 21.7 Å². The summed E-state index contributed by atoms with van der Waals surface area (Å²) in [6.07, 6.45) is 0.608. The lowest BCUT2D eigenvalue weighted by Gasteiger charge is -2.13. The van der Waals surface area contributed by atoms with Gasteiger partial charge in [0, 0.05) is 16.6 Å². The zero-order chi connectivity index (χ0) is 18.6. The monoisotopic (exact) mass is 384 g/mol. The maximum atomic E-state index is 14.2. The maximum absolute atomic E-state index is 14.2. The van der Waals surface area contributed by atoms with Crippen LogP contribution < -0.4 is 10.0 Å². The van der Waals surface area contributed by atoms with Crippen molar-refractivity contribution in [3.8, 4) is 0 Å². The predicted molar refractivity (Wildman–Crippen MR) is 95.9 cm³/mol. The second-order valence-electron chi connectivity index (χ2n) is 5.53. The van der Waals surface area contributed by atoms with Crippen LogP contribution in [0.15, 0.2) is 47.4 Å². The fourth-order valence-corrected chi connectivity index (χ4v) is 3.44. The molecule has 2 rings (SSSR count). The van der Waals surface area contributed by atoms with Crippen molar-refractivity contribution < 1.29 is 17.6 Å². The third kappa shape index (κ3) is 5.01. The normalized spacial score (nSPS) is 12.6. The molecule has 0 aliphatic rings. The first-order chi connectivity index (χ1) is 11.7. The highest BCUT2D eigenvalue weighted by molar-refractivity contribution is 7.89. The van der Waals surface area contributed by atoms with Crippen LogP contribution in [0.25, 0.3) is 0 Å².